The smallest absolute Gasteiger partial charge is 0.407 e. The zero-order valence-corrected chi connectivity index (χ0v) is 16.0. The van der Waals surface area contributed by atoms with Crippen LogP contribution in [0.25, 0.3) is 0 Å². The third-order valence-electron chi connectivity index (χ3n) is 3.22. The third-order valence-corrected chi connectivity index (χ3v) is 3.22. The molecular formula is C14H24N4O12. The van der Waals surface area contributed by atoms with Crippen molar-refractivity contribution in [2.75, 3.05) is 33.0 Å². The highest BCUT2D eigenvalue weighted by molar-refractivity contribution is 5.79. The van der Waals surface area contributed by atoms with E-state index in [0.717, 1.165) is 0 Å². The van der Waals surface area contributed by atoms with Crippen LogP contribution in [0.5, 0.6) is 0 Å². The number of carbonyl (C=O) groups is 3. The molecule has 0 saturated carbocycles. The third kappa shape index (κ3) is 16.6. The van der Waals surface area contributed by atoms with Gasteiger partial charge in [0.25, 0.3) is 10.2 Å². The highest BCUT2D eigenvalue weighted by atomic mass is 17.0. The van der Waals surface area contributed by atoms with E-state index in [2.05, 4.69) is 20.3 Å². The molecule has 0 bridgehead atoms. The monoisotopic (exact) mass is 440 g/mol. The Kier molecular flexibility index (Phi) is 14.4. The van der Waals surface area contributed by atoms with Gasteiger partial charge in [0.1, 0.15) is 6.04 Å². The number of carboxylic acids is 1. The second-order valence-corrected chi connectivity index (χ2v) is 5.55. The molecule has 0 radical (unpaired) electrons. The summed E-state index contributed by atoms with van der Waals surface area (Å²) in [6.07, 6.45) is -0.664. The molecule has 1 unspecified atom stereocenters. The minimum Gasteiger partial charge on any atom is -0.480 e. The van der Waals surface area contributed by atoms with Crippen LogP contribution in [0.1, 0.15) is 32.1 Å². The van der Waals surface area contributed by atoms with Crippen LogP contribution in [-0.2, 0) is 23.9 Å². The maximum atomic E-state index is 11.5. The quantitative estimate of drug-likeness (QED) is 0.157. The van der Waals surface area contributed by atoms with Crippen molar-refractivity contribution >= 4 is 18.2 Å². The largest absolute Gasteiger partial charge is 0.480 e. The van der Waals surface area contributed by atoms with Gasteiger partial charge in [-0.1, -0.05) is 0 Å². The summed E-state index contributed by atoms with van der Waals surface area (Å²) in [6, 6.07) is -1.21. The molecule has 172 valence electrons. The minimum absolute atomic E-state index is 0.0645. The Labute approximate surface area is 170 Å². The second-order valence-electron chi connectivity index (χ2n) is 5.55. The van der Waals surface area contributed by atoms with Crippen LogP contribution in [0.4, 0.5) is 9.59 Å². The number of aliphatic carboxylic acids is 1. The topological polar surface area (TPSA) is 219 Å². The number of unbranched alkanes of at least 4 members (excludes halogenated alkanes) is 1. The number of nitrogens with zero attached hydrogens (tertiary/aromatic N) is 2. The lowest BCUT2D eigenvalue weighted by atomic mass is 10.1. The summed E-state index contributed by atoms with van der Waals surface area (Å²) in [5.41, 5.74) is 0. The molecule has 0 aliphatic carbocycles. The zero-order chi connectivity index (χ0) is 22.8. The Morgan fingerprint density at radius 1 is 0.833 bits per heavy atom. The average Bonchev–Trinajstić information content (AvgIpc) is 2.65. The Hall–Kier alpha value is -3.59. The van der Waals surface area contributed by atoms with Crippen LogP contribution in [0.3, 0.4) is 0 Å². The first-order valence-corrected chi connectivity index (χ1v) is 8.83. The van der Waals surface area contributed by atoms with Gasteiger partial charge < -0.3 is 34.9 Å². The van der Waals surface area contributed by atoms with Crippen molar-refractivity contribution in [2.24, 2.45) is 0 Å². The number of carbonyl (C=O) groups excluding carboxylic acids is 2. The summed E-state index contributed by atoms with van der Waals surface area (Å²) < 4.78 is 9.44. The second kappa shape index (κ2) is 16.4. The Bertz CT molecular complexity index is 573. The lowest BCUT2D eigenvalue weighted by Gasteiger charge is -2.14. The number of carboxylic acid groups (broad SMARTS) is 1. The molecule has 0 fully saturated rings. The fourth-order valence-corrected chi connectivity index (χ4v) is 1.88. The van der Waals surface area contributed by atoms with Crippen LogP contribution in [0.15, 0.2) is 0 Å². The van der Waals surface area contributed by atoms with E-state index in [1.807, 2.05) is 0 Å². The summed E-state index contributed by atoms with van der Waals surface area (Å²) in [6.45, 7) is -0.512. The van der Waals surface area contributed by atoms with Gasteiger partial charge in [-0.15, -0.1) is 20.2 Å². The van der Waals surface area contributed by atoms with E-state index in [1.165, 1.54) is 0 Å². The molecule has 3 N–H and O–H groups in total. The Morgan fingerprint density at radius 2 is 1.37 bits per heavy atom. The molecule has 0 saturated heterocycles. The number of rotatable bonds is 17. The van der Waals surface area contributed by atoms with E-state index in [-0.39, 0.29) is 52.2 Å². The Morgan fingerprint density at radius 3 is 1.87 bits per heavy atom. The van der Waals surface area contributed by atoms with E-state index in [0.29, 0.717) is 12.8 Å². The molecule has 0 aromatic heterocycles. The highest BCUT2D eigenvalue weighted by Gasteiger charge is 2.20. The van der Waals surface area contributed by atoms with Gasteiger partial charge in [0, 0.05) is 19.4 Å². The molecule has 1 atom stereocenters. The van der Waals surface area contributed by atoms with Gasteiger partial charge in [0.15, 0.2) is 0 Å². The molecule has 0 aromatic carbocycles. The maximum Gasteiger partial charge on any atom is 0.407 e. The van der Waals surface area contributed by atoms with E-state index < -0.39 is 34.4 Å². The van der Waals surface area contributed by atoms with Gasteiger partial charge >= 0.3 is 18.2 Å². The summed E-state index contributed by atoms with van der Waals surface area (Å²) in [7, 11) is 0. The van der Waals surface area contributed by atoms with Crippen LogP contribution in [0, 0.1) is 20.2 Å². The van der Waals surface area contributed by atoms with Crippen molar-refractivity contribution < 1.29 is 48.8 Å². The molecule has 2 amide bonds. The fourth-order valence-electron chi connectivity index (χ4n) is 1.88. The van der Waals surface area contributed by atoms with Crippen molar-refractivity contribution in [3.63, 3.8) is 0 Å². The molecule has 16 nitrogen and oxygen atoms in total. The van der Waals surface area contributed by atoms with Gasteiger partial charge in [-0.05, 0) is 19.3 Å². The SMILES string of the molecule is O=C(NCCCCC(NC(=O)OCCCO[N+](=O)[O-])C(=O)O)OCCCO[N+](=O)[O-]. The molecule has 16 heteroatoms. The number of hydrogen-bond donors (Lipinski definition) is 3. The van der Waals surface area contributed by atoms with Crippen LogP contribution in [-0.4, -0.2) is 72.4 Å². The maximum absolute atomic E-state index is 11.5. The molecule has 0 spiro atoms. The summed E-state index contributed by atoms with van der Waals surface area (Å²) in [4.78, 5) is 62.0. The minimum atomic E-state index is -1.27. The number of alkyl carbamates (subject to hydrolysis) is 2. The number of nitrogens with one attached hydrogen (secondary N) is 2. The standard InChI is InChI=1S/C14H24N4O12/c19-12(20)11(16-14(22)28-8-4-10-30-18(25)26)5-1-2-6-15-13(21)27-7-3-9-29-17(23)24/h11H,1-10H2,(H,15,21)(H,16,22)(H,19,20). The van der Waals surface area contributed by atoms with Crippen molar-refractivity contribution in [1.82, 2.24) is 10.6 Å². The average molecular weight is 440 g/mol. The van der Waals surface area contributed by atoms with Crippen molar-refractivity contribution in [2.45, 2.75) is 38.1 Å². The molecule has 0 aliphatic rings. The molecule has 0 heterocycles. The predicted molar refractivity (Wildman–Crippen MR) is 94.2 cm³/mol. The van der Waals surface area contributed by atoms with Gasteiger partial charge in [-0.25, -0.2) is 14.4 Å². The summed E-state index contributed by atoms with van der Waals surface area (Å²) in [5.74, 6) is -1.27. The number of ether oxygens (including phenoxy) is 2. The molecule has 0 aliphatic heterocycles. The van der Waals surface area contributed by atoms with E-state index in [1.54, 1.807) is 0 Å². The molecule has 0 rings (SSSR count). The van der Waals surface area contributed by atoms with Crippen molar-refractivity contribution in [3.8, 4) is 0 Å². The lowest BCUT2D eigenvalue weighted by Crippen LogP contribution is -2.41. The van der Waals surface area contributed by atoms with Crippen LogP contribution >= 0.6 is 0 Å². The van der Waals surface area contributed by atoms with Crippen LogP contribution < -0.4 is 10.6 Å². The van der Waals surface area contributed by atoms with Crippen molar-refractivity contribution in [1.29, 1.82) is 0 Å². The molecular weight excluding hydrogens is 416 g/mol. The zero-order valence-electron chi connectivity index (χ0n) is 16.0. The molecule has 30 heavy (non-hydrogen) atoms. The van der Waals surface area contributed by atoms with Gasteiger partial charge in [-0.3, -0.25) is 0 Å². The van der Waals surface area contributed by atoms with Crippen LogP contribution in [0.2, 0.25) is 0 Å². The fraction of sp³-hybridized carbons (Fsp3) is 0.786. The van der Waals surface area contributed by atoms with Gasteiger partial charge in [0.05, 0.1) is 26.4 Å². The first-order valence-electron chi connectivity index (χ1n) is 8.83. The first-order chi connectivity index (χ1) is 14.2. The number of hydrogen-bond acceptors (Lipinski definition) is 11. The van der Waals surface area contributed by atoms with E-state index >= 15 is 0 Å². The number of amides is 2. The summed E-state index contributed by atoms with van der Waals surface area (Å²) >= 11 is 0. The Balaban J connectivity index is 3.83. The van der Waals surface area contributed by atoms with E-state index in [9.17, 15) is 34.6 Å². The highest BCUT2D eigenvalue weighted by Crippen LogP contribution is 2.02. The normalized spacial score (nSPS) is 10.9. The van der Waals surface area contributed by atoms with Gasteiger partial charge in [-0.2, -0.15) is 0 Å². The summed E-state index contributed by atoms with van der Waals surface area (Å²) in [5, 5.41) is 31.6. The molecule has 0 aromatic rings. The predicted octanol–water partition coefficient (Wildman–Crippen LogP) is 0.259. The van der Waals surface area contributed by atoms with E-state index in [4.69, 9.17) is 14.6 Å². The van der Waals surface area contributed by atoms with Crippen molar-refractivity contribution in [3.05, 3.63) is 20.2 Å². The van der Waals surface area contributed by atoms with Gasteiger partial charge in [0.2, 0.25) is 0 Å². The lowest BCUT2D eigenvalue weighted by molar-refractivity contribution is -0.757. The first kappa shape index (κ1) is 26.4.